The quantitative estimate of drug-likeness (QED) is 0.882. The molecule has 1 N–H and O–H groups in total. The Balaban J connectivity index is 2.14. The predicted molar refractivity (Wildman–Crippen MR) is 65.2 cm³/mol. The number of rotatable bonds is 3. The molecule has 0 aliphatic heterocycles. The van der Waals surface area contributed by atoms with Crippen molar-refractivity contribution in [2.75, 3.05) is 5.32 Å². The highest BCUT2D eigenvalue weighted by Gasteiger charge is 2.06. The van der Waals surface area contributed by atoms with E-state index in [1.807, 2.05) is 26.0 Å². The lowest BCUT2D eigenvalue weighted by molar-refractivity contribution is 0.623. The molecule has 0 aliphatic rings. The molecule has 1 heterocycles. The van der Waals surface area contributed by atoms with Crippen LogP contribution in [0.3, 0.4) is 0 Å². The number of aryl methyl sites for hydroxylation is 1. The molecule has 0 saturated carbocycles. The Kier molecular flexibility index (Phi) is 3.32. The van der Waals surface area contributed by atoms with Gasteiger partial charge in [0.15, 0.2) is 0 Å². The van der Waals surface area contributed by atoms with E-state index in [1.54, 1.807) is 6.07 Å². The van der Waals surface area contributed by atoms with Gasteiger partial charge in [-0.15, -0.1) is 0 Å². The third-order valence-electron chi connectivity index (χ3n) is 2.52. The fraction of sp³-hybridized carbons (Fsp3) is 0.231. The summed E-state index contributed by atoms with van der Waals surface area (Å²) in [4.78, 5) is 8.13. The van der Waals surface area contributed by atoms with Gasteiger partial charge in [-0.05, 0) is 31.5 Å². The Morgan fingerprint density at radius 2 is 2.06 bits per heavy atom. The van der Waals surface area contributed by atoms with Crippen LogP contribution < -0.4 is 5.32 Å². The number of hydrogen-bond acceptors (Lipinski definition) is 3. The van der Waals surface area contributed by atoms with E-state index in [4.69, 9.17) is 0 Å². The van der Waals surface area contributed by atoms with Gasteiger partial charge in [-0.3, -0.25) is 0 Å². The van der Waals surface area contributed by atoms with Crippen LogP contribution in [-0.2, 0) is 0 Å². The molecule has 3 nitrogen and oxygen atoms in total. The van der Waals surface area contributed by atoms with Crippen LogP contribution in [0.1, 0.15) is 24.2 Å². The van der Waals surface area contributed by atoms with Crippen LogP contribution in [0.15, 0.2) is 36.7 Å². The van der Waals surface area contributed by atoms with E-state index in [0.29, 0.717) is 0 Å². The lowest BCUT2D eigenvalue weighted by Gasteiger charge is -2.14. The van der Waals surface area contributed by atoms with Crippen LogP contribution >= 0.6 is 0 Å². The molecule has 1 aromatic carbocycles. The molecular weight excluding hydrogens is 217 g/mol. The highest BCUT2D eigenvalue weighted by molar-refractivity contribution is 5.38. The van der Waals surface area contributed by atoms with Crippen molar-refractivity contribution < 1.29 is 4.39 Å². The van der Waals surface area contributed by atoms with Gasteiger partial charge in [0.1, 0.15) is 18.0 Å². The summed E-state index contributed by atoms with van der Waals surface area (Å²) in [7, 11) is 0. The zero-order chi connectivity index (χ0) is 12.3. The van der Waals surface area contributed by atoms with E-state index in [9.17, 15) is 4.39 Å². The molecule has 2 rings (SSSR count). The first-order valence-electron chi connectivity index (χ1n) is 5.46. The number of nitrogens with one attached hydrogen (secondary N) is 1. The van der Waals surface area contributed by atoms with Gasteiger partial charge in [-0.2, -0.15) is 0 Å². The third kappa shape index (κ3) is 3.00. The maximum Gasteiger partial charge on any atom is 0.130 e. The topological polar surface area (TPSA) is 37.8 Å². The second kappa shape index (κ2) is 4.91. The fourth-order valence-electron chi connectivity index (χ4n) is 1.61. The fourth-order valence-corrected chi connectivity index (χ4v) is 1.61. The second-order valence-electron chi connectivity index (χ2n) is 3.97. The van der Waals surface area contributed by atoms with E-state index in [-0.39, 0.29) is 11.9 Å². The van der Waals surface area contributed by atoms with Crippen LogP contribution in [0.25, 0.3) is 0 Å². The van der Waals surface area contributed by atoms with Crippen LogP contribution in [0.4, 0.5) is 10.2 Å². The second-order valence-corrected chi connectivity index (χ2v) is 3.97. The van der Waals surface area contributed by atoms with Crippen LogP contribution in [0.5, 0.6) is 0 Å². The highest BCUT2D eigenvalue weighted by atomic mass is 19.1. The van der Waals surface area contributed by atoms with E-state index >= 15 is 0 Å². The molecule has 1 unspecified atom stereocenters. The Labute approximate surface area is 99.7 Å². The summed E-state index contributed by atoms with van der Waals surface area (Å²) in [5.41, 5.74) is 1.79. The number of halogens is 1. The molecule has 0 radical (unpaired) electrons. The lowest BCUT2D eigenvalue weighted by atomic mass is 10.1. The zero-order valence-electron chi connectivity index (χ0n) is 9.81. The number of aromatic nitrogens is 2. The molecule has 0 spiro atoms. The normalized spacial score (nSPS) is 12.2. The Morgan fingerprint density at radius 3 is 2.76 bits per heavy atom. The molecule has 0 amide bonds. The molecule has 1 aromatic heterocycles. The van der Waals surface area contributed by atoms with E-state index in [0.717, 1.165) is 17.1 Å². The lowest BCUT2D eigenvalue weighted by Crippen LogP contribution is -2.08. The first-order chi connectivity index (χ1) is 8.15. The molecule has 2 aromatic rings. The molecule has 88 valence electrons. The molecule has 0 bridgehead atoms. The smallest absolute Gasteiger partial charge is 0.130 e. The summed E-state index contributed by atoms with van der Waals surface area (Å²) >= 11 is 0. The maximum absolute atomic E-state index is 13.1. The number of benzene rings is 1. The number of hydrogen-bond donors (Lipinski definition) is 1. The molecule has 0 saturated heterocycles. The Bertz CT molecular complexity index is 514. The third-order valence-corrected chi connectivity index (χ3v) is 2.52. The summed E-state index contributed by atoms with van der Waals surface area (Å²) in [6.07, 6.45) is 1.51. The van der Waals surface area contributed by atoms with Gasteiger partial charge in [-0.25, -0.2) is 14.4 Å². The Morgan fingerprint density at radius 1 is 1.24 bits per heavy atom. The average Bonchev–Trinajstić information content (AvgIpc) is 2.29. The van der Waals surface area contributed by atoms with Gasteiger partial charge in [0.2, 0.25) is 0 Å². The van der Waals surface area contributed by atoms with Gasteiger partial charge in [0.25, 0.3) is 0 Å². The summed E-state index contributed by atoms with van der Waals surface area (Å²) in [5, 5.41) is 3.21. The summed E-state index contributed by atoms with van der Waals surface area (Å²) in [5.74, 6) is 0.518. The molecule has 4 heteroatoms. The predicted octanol–water partition coefficient (Wildman–Crippen LogP) is 3.10. The summed E-state index contributed by atoms with van der Waals surface area (Å²) in [6.45, 7) is 3.87. The summed E-state index contributed by atoms with van der Waals surface area (Å²) in [6, 6.07) is 8.40. The van der Waals surface area contributed by atoms with Crippen molar-refractivity contribution in [3.8, 4) is 0 Å². The van der Waals surface area contributed by atoms with Crippen molar-refractivity contribution in [1.82, 2.24) is 9.97 Å². The largest absolute Gasteiger partial charge is 0.363 e. The number of anilines is 1. The minimum Gasteiger partial charge on any atom is -0.363 e. The van der Waals surface area contributed by atoms with Crippen molar-refractivity contribution in [2.24, 2.45) is 0 Å². The zero-order valence-corrected chi connectivity index (χ0v) is 9.81. The van der Waals surface area contributed by atoms with Crippen molar-refractivity contribution >= 4 is 5.82 Å². The van der Waals surface area contributed by atoms with Gasteiger partial charge < -0.3 is 5.32 Å². The summed E-state index contributed by atoms with van der Waals surface area (Å²) < 4.78 is 13.1. The minimum absolute atomic E-state index is 0.000000000000000222. The van der Waals surface area contributed by atoms with E-state index in [2.05, 4.69) is 15.3 Å². The number of nitrogens with zero attached hydrogens (tertiary/aromatic N) is 2. The van der Waals surface area contributed by atoms with Gasteiger partial charge in [0.05, 0.1) is 6.04 Å². The molecule has 17 heavy (non-hydrogen) atoms. The Hall–Kier alpha value is -1.97. The van der Waals surface area contributed by atoms with Crippen molar-refractivity contribution in [2.45, 2.75) is 19.9 Å². The van der Waals surface area contributed by atoms with E-state index < -0.39 is 0 Å². The average molecular weight is 231 g/mol. The highest BCUT2D eigenvalue weighted by Crippen LogP contribution is 2.18. The van der Waals surface area contributed by atoms with Crippen LogP contribution in [0, 0.1) is 12.7 Å². The van der Waals surface area contributed by atoms with Crippen LogP contribution in [-0.4, -0.2) is 9.97 Å². The monoisotopic (exact) mass is 231 g/mol. The maximum atomic E-state index is 13.1. The molecule has 0 fully saturated rings. The molecular formula is C13H14FN3. The van der Waals surface area contributed by atoms with Gasteiger partial charge in [0, 0.05) is 11.8 Å². The molecule has 1 atom stereocenters. The standard InChI is InChI=1S/C13H14FN3/c1-9-6-13(16-8-15-9)17-10(2)11-4-3-5-12(14)7-11/h3-8,10H,1-2H3,(H,15,16,17). The van der Waals surface area contributed by atoms with Crippen molar-refractivity contribution in [3.05, 3.63) is 53.7 Å². The minimum atomic E-state index is -0.227. The molecule has 0 aliphatic carbocycles. The van der Waals surface area contributed by atoms with E-state index in [1.165, 1.54) is 18.5 Å². The SMILES string of the molecule is Cc1cc(NC(C)c2cccc(F)c2)ncn1. The van der Waals surface area contributed by atoms with Crippen molar-refractivity contribution in [1.29, 1.82) is 0 Å². The van der Waals surface area contributed by atoms with Crippen molar-refractivity contribution in [3.63, 3.8) is 0 Å². The van der Waals surface area contributed by atoms with Gasteiger partial charge in [-0.1, -0.05) is 12.1 Å². The van der Waals surface area contributed by atoms with Crippen LogP contribution in [0.2, 0.25) is 0 Å². The first kappa shape index (κ1) is 11.5. The van der Waals surface area contributed by atoms with Gasteiger partial charge >= 0.3 is 0 Å². The first-order valence-corrected chi connectivity index (χ1v) is 5.46.